The van der Waals surface area contributed by atoms with Gasteiger partial charge >= 0.3 is 0 Å². The van der Waals surface area contributed by atoms with E-state index in [-0.39, 0.29) is 0 Å². The largest absolute Gasteiger partial charge is 0.351 e. The highest BCUT2D eigenvalue weighted by atomic mass is 15.3. The van der Waals surface area contributed by atoms with Crippen molar-refractivity contribution in [1.29, 1.82) is 5.26 Å². The average molecular weight is 272 g/mol. The summed E-state index contributed by atoms with van der Waals surface area (Å²) >= 11 is 0. The molecule has 4 heteroatoms. The van der Waals surface area contributed by atoms with Gasteiger partial charge in [-0.05, 0) is 44.1 Å². The Morgan fingerprint density at radius 1 is 1.25 bits per heavy atom. The zero-order valence-electron chi connectivity index (χ0n) is 13.0. The minimum Gasteiger partial charge on any atom is -0.351 e. The van der Waals surface area contributed by atoms with Gasteiger partial charge in [0, 0.05) is 12.6 Å². The summed E-state index contributed by atoms with van der Waals surface area (Å²) in [6, 6.07) is 2.80. The molecule has 0 aromatic carbocycles. The molecule has 2 atom stereocenters. The van der Waals surface area contributed by atoms with E-state index < -0.39 is 0 Å². The molecule has 0 bridgehead atoms. The van der Waals surface area contributed by atoms with Crippen LogP contribution >= 0.6 is 0 Å². The Morgan fingerprint density at radius 3 is 2.60 bits per heavy atom. The molecule has 0 amide bonds. The number of piperidine rings is 1. The Labute approximate surface area is 121 Å². The highest BCUT2D eigenvalue weighted by Crippen LogP contribution is 2.31. The minimum atomic E-state index is 0.419. The molecule has 0 aliphatic carbocycles. The Kier molecular flexibility index (Phi) is 4.59. The van der Waals surface area contributed by atoms with Gasteiger partial charge in [0.1, 0.15) is 11.6 Å². The van der Waals surface area contributed by atoms with E-state index in [1.807, 2.05) is 0 Å². The van der Waals surface area contributed by atoms with Crippen molar-refractivity contribution in [3.05, 3.63) is 16.8 Å². The molecule has 1 saturated heterocycles. The number of rotatable bonds is 3. The summed E-state index contributed by atoms with van der Waals surface area (Å²) in [5, 5.41) is 18.3. The molecular formula is C16H24N4. The third-order valence-electron chi connectivity index (χ3n) is 4.59. The maximum absolute atomic E-state index is 9.59. The topological polar surface area (TPSA) is 52.8 Å². The van der Waals surface area contributed by atoms with Gasteiger partial charge in [0.25, 0.3) is 0 Å². The van der Waals surface area contributed by atoms with Gasteiger partial charge in [-0.1, -0.05) is 20.8 Å². The third-order valence-corrected chi connectivity index (χ3v) is 4.59. The Hall–Kier alpha value is -1.63. The van der Waals surface area contributed by atoms with Crippen molar-refractivity contribution in [3.8, 4) is 6.07 Å². The van der Waals surface area contributed by atoms with Gasteiger partial charge in [0.05, 0.1) is 5.69 Å². The molecule has 2 heterocycles. The van der Waals surface area contributed by atoms with E-state index in [1.54, 1.807) is 0 Å². The maximum atomic E-state index is 9.59. The molecule has 1 aliphatic heterocycles. The van der Waals surface area contributed by atoms with E-state index in [4.69, 9.17) is 0 Å². The zero-order chi connectivity index (χ0) is 14.7. The fourth-order valence-corrected chi connectivity index (χ4v) is 3.12. The molecule has 1 aliphatic rings. The summed E-state index contributed by atoms with van der Waals surface area (Å²) in [4.78, 5) is 2.28. The van der Waals surface area contributed by atoms with Crippen molar-refractivity contribution in [2.75, 3.05) is 11.4 Å². The first-order valence-corrected chi connectivity index (χ1v) is 7.69. The molecule has 0 N–H and O–H groups in total. The number of nitriles is 1. The van der Waals surface area contributed by atoms with Crippen molar-refractivity contribution in [1.82, 2.24) is 10.2 Å². The lowest BCUT2D eigenvalue weighted by molar-refractivity contribution is 0.360. The van der Waals surface area contributed by atoms with Crippen molar-refractivity contribution >= 4 is 5.82 Å². The molecule has 1 aromatic rings. The molecule has 20 heavy (non-hydrogen) atoms. The average Bonchev–Trinajstić information content (AvgIpc) is 2.48. The van der Waals surface area contributed by atoms with Gasteiger partial charge in [0.15, 0.2) is 5.82 Å². The Bertz CT molecular complexity index is 518. The second kappa shape index (κ2) is 6.21. The molecule has 0 spiro atoms. The fourth-order valence-electron chi connectivity index (χ4n) is 3.12. The highest BCUT2D eigenvalue weighted by molar-refractivity contribution is 5.58. The van der Waals surface area contributed by atoms with Gasteiger partial charge in [0.2, 0.25) is 0 Å². The monoisotopic (exact) mass is 272 g/mol. The van der Waals surface area contributed by atoms with Crippen LogP contribution in [0.3, 0.4) is 0 Å². The van der Waals surface area contributed by atoms with Crippen molar-refractivity contribution in [3.63, 3.8) is 0 Å². The standard InChI is InChI=1S/C16H24N4/c1-5-13-14(10-17)16(19-18-15(13)6-2)20-9-7-8-11(3)12(20)4/h11-12H,5-9H2,1-4H3. The SMILES string of the molecule is CCc1nnc(N2CCCC(C)C2C)c(C#N)c1CC. The molecule has 1 fully saturated rings. The summed E-state index contributed by atoms with van der Waals surface area (Å²) in [5.74, 6) is 1.42. The van der Waals surface area contributed by atoms with Crippen LogP contribution in [0.5, 0.6) is 0 Å². The minimum absolute atomic E-state index is 0.419. The van der Waals surface area contributed by atoms with Crippen LogP contribution in [0.4, 0.5) is 5.82 Å². The van der Waals surface area contributed by atoms with Crippen LogP contribution in [0.1, 0.15) is 57.4 Å². The van der Waals surface area contributed by atoms with E-state index in [1.165, 1.54) is 6.42 Å². The van der Waals surface area contributed by atoms with Crippen LogP contribution in [-0.2, 0) is 12.8 Å². The van der Waals surface area contributed by atoms with E-state index >= 15 is 0 Å². The molecular weight excluding hydrogens is 248 g/mol. The number of anilines is 1. The summed E-state index contributed by atoms with van der Waals surface area (Å²) in [7, 11) is 0. The normalized spacial score (nSPS) is 22.6. The smallest absolute Gasteiger partial charge is 0.169 e. The van der Waals surface area contributed by atoms with Crippen LogP contribution < -0.4 is 4.90 Å². The van der Waals surface area contributed by atoms with E-state index in [0.29, 0.717) is 12.0 Å². The Balaban J connectivity index is 2.49. The van der Waals surface area contributed by atoms with Crippen molar-refractivity contribution in [2.45, 2.75) is 59.4 Å². The molecule has 1 aromatic heterocycles. The first-order valence-electron chi connectivity index (χ1n) is 7.69. The lowest BCUT2D eigenvalue weighted by Crippen LogP contribution is -2.43. The third kappa shape index (κ3) is 2.49. The van der Waals surface area contributed by atoms with Gasteiger partial charge in [-0.15, -0.1) is 5.10 Å². The lowest BCUT2D eigenvalue weighted by Gasteiger charge is -2.39. The lowest BCUT2D eigenvalue weighted by atomic mass is 9.91. The van der Waals surface area contributed by atoms with E-state index in [0.717, 1.165) is 48.4 Å². The fraction of sp³-hybridized carbons (Fsp3) is 0.688. The highest BCUT2D eigenvalue weighted by Gasteiger charge is 2.29. The quantitative estimate of drug-likeness (QED) is 0.848. The van der Waals surface area contributed by atoms with Gasteiger partial charge in [-0.25, -0.2) is 0 Å². The summed E-state index contributed by atoms with van der Waals surface area (Å²) in [6.07, 6.45) is 4.08. The van der Waals surface area contributed by atoms with E-state index in [9.17, 15) is 5.26 Å². The zero-order valence-corrected chi connectivity index (χ0v) is 13.0. The second-order valence-corrected chi connectivity index (χ2v) is 5.70. The Morgan fingerprint density at radius 2 is 2.00 bits per heavy atom. The summed E-state index contributed by atoms with van der Waals surface area (Å²) in [5.41, 5.74) is 2.77. The molecule has 0 saturated carbocycles. The molecule has 2 unspecified atom stereocenters. The van der Waals surface area contributed by atoms with Crippen LogP contribution in [0.25, 0.3) is 0 Å². The first-order chi connectivity index (χ1) is 9.63. The number of hydrogen-bond acceptors (Lipinski definition) is 4. The first kappa shape index (κ1) is 14.8. The molecule has 2 rings (SSSR count). The van der Waals surface area contributed by atoms with Gasteiger partial charge in [-0.2, -0.15) is 10.4 Å². The molecule has 0 radical (unpaired) electrons. The van der Waals surface area contributed by atoms with Crippen LogP contribution in [0.2, 0.25) is 0 Å². The maximum Gasteiger partial charge on any atom is 0.169 e. The second-order valence-electron chi connectivity index (χ2n) is 5.70. The molecule has 4 nitrogen and oxygen atoms in total. The summed E-state index contributed by atoms with van der Waals surface area (Å²) < 4.78 is 0. The number of aromatic nitrogens is 2. The number of nitrogens with zero attached hydrogens (tertiary/aromatic N) is 4. The van der Waals surface area contributed by atoms with Crippen LogP contribution in [0, 0.1) is 17.2 Å². The van der Waals surface area contributed by atoms with E-state index in [2.05, 4.69) is 48.9 Å². The van der Waals surface area contributed by atoms with Gasteiger partial charge < -0.3 is 4.90 Å². The molecule has 108 valence electrons. The number of aryl methyl sites for hydroxylation is 1. The van der Waals surface area contributed by atoms with Crippen LogP contribution in [0.15, 0.2) is 0 Å². The predicted octanol–water partition coefficient (Wildman–Crippen LogP) is 3.10. The predicted molar refractivity (Wildman–Crippen MR) is 80.7 cm³/mol. The van der Waals surface area contributed by atoms with Crippen LogP contribution in [-0.4, -0.2) is 22.8 Å². The summed E-state index contributed by atoms with van der Waals surface area (Å²) in [6.45, 7) is 9.63. The van der Waals surface area contributed by atoms with Gasteiger partial charge in [-0.3, -0.25) is 0 Å². The number of hydrogen-bond donors (Lipinski definition) is 0. The van der Waals surface area contributed by atoms with Crippen molar-refractivity contribution in [2.24, 2.45) is 5.92 Å². The van der Waals surface area contributed by atoms with Crippen molar-refractivity contribution < 1.29 is 0 Å².